The number of phosphoric acid groups is 1. The van der Waals surface area contributed by atoms with Crippen LogP contribution in [0.25, 0.3) is 0 Å². The molecule has 0 aromatic carbocycles. The molecule has 0 heterocycles. The SMILES string of the molecule is O=C(O)COP(=O)(O)O.[CaH2]. The van der Waals surface area contributed by atoms with Gasteiger partial charge in [-0.1, -0.05) is 0 Å². The Bertz CT molecular complexity index is 150. The van der Waals surface area contributed by atoms with Crippen LogP contribution in [0, 0.1) is 0 Å². The Labute approximate surface area is 86.4 Å². The van der Waals surface area contributed by atoms with Crippen LogP contribution < -0.4 is 0 Å². The summed E-state index contributed by atoms with van der Waals surface area (Å²) < 4.78 is 13.3. The maximum absolute atomic E-state index is 9.74. The number of aliphatic carboxylic acids is 1. The van der Waals surface area contributed by atoms with Gasteiger partial charge in [0.2, 0.25) is 0 Å². The van der Waals surface area contributed by atoms with Gasteiger partial charge in [0, 0.05) is 0 Å². The maximum atomic E-state index is 9.74. The van der Waals surface area contributed by atoms with Crippen LogP contribution in [0.3, 0.4) is 0 Å². The van der Waals surface area contributed by atoms with Crippen LogP contribution >= 0.6 is 7.82 Å². The van der Waals surface area contributed by atoms with Gasteiger partial charge in [-0.15, -0.1) is 0 Å². The van der Waals surface area contributed by atoms with Gasteiger partial charge in [-0.25, -0.2) is 9.36 Å². The van der Waals surface area contributed by atoms with Gasteiger partial charge in [-0.05, 0) is 0 Å². The normalized spacial score (nSPS) is 10.2. The van der Waals surface area contributed by atoms with E-state index in [2.05, 4.69) is 4.52 Å². The van der Waals surface area contributed by atoms with Crippen molar-refractivity contribution in [2.24, 2.45) is 0 Å². The third kappa shape index (κ3) is 11.6. The zero-order chi connectivity index (χ0) is 7.49. The van der Waals surface area contributed by atoms with Crippen molar-refractivity contribution >= 4 is 51.5 Å². The Morgan fingerprint density at radius 3 is 2.00 bits per heavy atom. The van der Waals surface area contributed by atoms with E-state index in [1.165, 1.54) is 0 Å². The molecule has 0 amide bonds. The third-order valence-corrected chi connectivity index (χ3v) is 0.822. The van der Waals surface area contributed by atoms with Crippen molar-refractivity contribution in [3.8, 4) is 0 Å². The molecule has 0 saturated heterocycles. The standard InChI is InChI=1S/C2H5O6P.Ca.2H/c3-2(4)1-8-9(5,6)7;;;/h1H2,(H,3,4)(H2,5,6,7);;;. The molecule has 0 rings (SSSR count). The van der Waals surface area contributed by atoms with E-state index in [0.29, 0.717) is 0 Å². The average Bonchev–Trinajstić information content (AvgIpc) is 1.59. The zero-order valence-electron chi connectivity index (χ0n) is 4.22. The second kappa shape index (κ2) is 5.49. The molecule has 3 N–H and O–H groups in total. The fraction of sp³-hybridized carbons (Fsp3) is 0.500. The van der Waals surface area contributed by atoms with E-state index in [4.69, 9.17) is 14.9 Å². The number of hydrogen-bond acceptors (Lipinski definition) is 3. The Morgan fingerprint density at radius 1 is 1.50 bits per heavy atom. The van der Waals surface area contributed by atoms with Crippen molar-refractivity contribution in [2.45, 2.75) is 0 Å². The van der Waals surface area contributed by atoms with Crippen LogP contribution in [0.5, 0.6) is 0 Å². The van der Waals surface area contributed by atoms with Crippen LogP contribution in [0.1, 0.15) is 0 Å². The number of carbonyl (C=O) groups is 1. The molecule has 10 heavy (non-hydrogen) atoms. The first-order valence-corrected chi connectivity index (χ1v) is 3.37. The number of phosphoric ester groups is 1. The molecule has 0 aliphatic rings. The first-order chi connectivity index (χ1) is 3.92. The van der Waals surface area contributed by atoms with Crippen molar-refractivity contribution < 1.29 is 28.8 Å². The quantitative estimate of drug-likeness (QED) is 0.367. The molecule has 8 heteroatoms. The van der Waals surface area contributed by atoms with Crippen molar-refractivity contribution in [3.63, 3.8) is 0 Å². The number of hydrogen-bond donors (Lipinski definition) is 3. The summed E-state index contributed by atoms with van der Waals surface area (Å²) >= 11 is 0. The summed E-state index contributed by atoms with van der Waals surface area (Å²) in [4.78, 5) is 25.4. The number of carboxylic acid groups (broad SMARTS) is 1. The van der Waals surface area contributed by atoms with Crippen LogP contribution in [-0.2, 0) is 13.9 Å². The van der Waals surface area contributed by atoms with Crippen LogP contribution in [0.15, 0.2) is 0 Å². The molecular weight excluding hydrogens is 191 g/mol. The summed E-state index contributed by atoms with van der Waals surface area (Å²) in [5.74, 6) is -1.42. The van der Waals surface area contributed by atoms with Gasteiger partial charge in [-0.3, -0.25) is 4.52 Å². The van der Waals surface area contributed by atoms with Gasteiger partial charge in [0.05, 0.1) is 0 Å². The minimum absolute atomic E-state index is 0. The van der Waals surface area contributed by atoms with Gasteiger partial charge in [-0.2, -0.15) is 0 Å². The Kier molecular flexibility index (Phi) is 7.37. The molecule has 0 aromatic heterocycles. The van der Waals surface area contributed by atoms with E-state index in [-0.39, 0.29) is 37.7 Å². The molecule has 0 aliphatic heterocycles. The predicted octanol–water partition coefficient (Wildman–Crippen LogP) is -1.74. The molecule has 0 fully saturated rings. The van der Waals surface area contributed by atoms with Crippen molar-refractivity contribution in [2.75, 3.05) is 6.61 Å². The second-order valence-electron chi connectivity index (χ2n) is 1.16. The average molecular weight is 198 g/mol. The van der Waals surface area contributed by atoms with Gasteiger partial charge < -0.3 is 14.9 Å². The predicted molar refractivity (Wildman–Crippen MR) is 34.2 cm³/mol. The zero-order valence-corrected chi connectivity index (χ0v) is 5.12. The van der Waals surface area contributed by atoms with Crippen LogP contribution in [0.4, 0.5) is 0 Å². The van der Waals surface area contributed by atoms with Crippen LogP contribution in [-0.4, -0.2) is 65.2 Å². The van der Waals surface area contributed by atoms with Gasteiger partial charge in [0.25, 0.3) is 0 Å². The summed E-state index contributed by atoms with van der Waals surface area (Å²) in [6, 6.07) is 0. The molecule has 0 bridgehead atoms. The van der Waals surface area contributed by atoms with Gasteiger partial charge >= 0.3 is 51.5 Å². The summed E-state index contributed by atoms with van der Waals surface area (Å²) in [6.45, 7) is -0.982. The molecule has 0 aliphatic carbocycles. The topological polar surface area (TPSA) is 104 Å². The number of rotatable bonds is 3. The molecule has 0 aromatic rings. The molecular formula is C2H7CaO6P. The summed E-state index contributed by atoms with van der Waals surface area (Å²) in [5.41, 5.74) is 0. The van der Waals surface area contributed by atoms with E-state index in [1.807, 2.05) is 0 Å². The Morgan fingerprint density at radius 2 is 1.90 bits per heavy atom. The fourth-order valence-corrected chi connectivity index (χ4v) is 0.418. The second-order valence-corrected chi connectivity index (χ2v) is 2.40. The molecule has 0 saturated carbocycles. The summed E-state index contributed by atoms with van der Waals surface area (Å²) in [5, 5.41) is 7.81. The van der Waals surface area contributed by atoms with E-state index >= 15 is 0 Å². The Hall–Kier alpha value is 0.840. The first-order valence-electron chi connectivity index (χ1n) is 1.84. The molecule has 0 atom stereocenters. The third-order valence-electron chi connectivity index (χ3n) is 0.356. The molecule has 6 nitrogen and oxygen atoms in total. The Balaban J connectivity index is 0. The molecule has 0 radical (unpaired) electrons. The van der Waals surface area contributed by atoms with Crippen molar-refractivity contribution in [1.82, 2.24) is 0 Å². The molecule has 0 spiro atoms. The number of carboxylic acids is 1. The minimum atomic E-state index is -4.60. The van der Waals surface area contributed by atoms with Crippen LogP contribution in [0.2, 0.25) is 0 Å². The van der Waals surface area contributed by atoms with E-state index < -0.39 is 20.4 Å². The van der Waals surface area contributed by atoms with Gasteiger partial charge in [0.1, 0.15) is 0 Å². The summed E-state index contributed by atoms with van der Waals surface area (Å²) in [6.07, 6.45) is 0. The molecule has 0 unspecified atom stereocenters. The monoisotopic (exact) mass is 198 g/mol. The fourth-order valence-electron chi connectivity index (χ4n) is 0.139. The summed E-state index contributed by atoms with van der Waals surface area (Å²) in [7, 11) is -4.60. The van der Waals surface area contributed by atoms with E-state index in [1.54, 1.807) is 0 Å². The van der Waals surface area contributed by atoms with Crippen molar-refractivity contribution in [3.05, 3.63) is 0 Å². The molecule has 58 valence electrons. The van der Waals surface area contributed by atoms with E-state index in [0.717, 1.165) is 0 Å². The van der Waals surface area contributed by atoms with Crippen molar-refractivity contribution in [1.29, 1.82) is 0 Å². The first kappa shape index (κ1) is 13.4. The van der Waals surface area contributed by atoms with E-state index in [9.17, 15) is 9.36 Å². The van der Waals surface area contributed by atoms with Gasteiger partial charge in [0.15, 0.2) is 6.61 Å².